The van der Waals surface area contributed by atoms with Gasteiger partial charge in [0.05, 0.1) is 0 Å². The molecule has 0 radical (unpaired) electrons. The molecule has 0 bridgehead atoms. The molecule has 4 heteroatoms. The van der Waals surface area contributed by atoms with Gasteiger partial charge in [0.1, 0.15) is 0 Å². The standard InChI is InChI=1S/C8H11N3O/c1-6-4-2-3-5-7(6)10-8(12)11-9/h2-5H,9H2,1H3,(H2,10,11,12). The molecule has 0 fully saturated rings. The maximum Gasteiger partial charge on any atom is 0.333 e. The van der Waals surface area contributed by atoms with E-state index in [9.17, 15) is 4.79 Å². The van der Waals surface area contributed by atoms with E-state index in [-0.39, 0.29) is 0 Å². The lowest BCUT2D eigenvalue weighted by Gasteiger charge is -2.06. The summed E-state index contributed by atoms with van der Waals surface area (Å²) >= 11 is 0. The van der Waals surface area contributed by atoms with Gasteiger partial charge in [-0.25, -0.2) is 10.6 Å². The van der Waals surface area contributed by atoms with E-state index in [0.717, 1.165) is 11.3 Å². The lowest BCUT2D eigenvalue weighted by molar-refractivity contribution is 0.252. The van der Waals surface area contributed by atoms with Gasteiger partial charge in [-0.3, -0.25) is 5.43 Å². The van der Waals surface area contributed by atoms with Crippen molar-refractivity contribution in [3.63, 3.8) is 0 Å². The van der Waals surface area contributed by atoms with E-state index in [2.05, 4.69) is 5.32 Å². The van der Waals surface area contributed by atoms with E-state index in [1.54, 1.807) is 0 Å². The first-order chi connectivity index (χ1) is 5.74. The summed E-state index contributed by atoms with van der Waals surface area (Å²) in [6.07, 6.45) is 0. The summed E-state index contributed by atoms with van der Waals surface area (Å²) in [5, 5.41) is 2.58. The van der Waals surface area contributed by atoms with Crippen LogP contribution in [-0.2, 0) is 0 Å². The molecule has 1 rings (SSSR count). The predicted octanol–water partition coefficient (Wildman–Crippen LogP) is 0.990. The number of hydrazine groups is 1. The number of benzene rings is 1. The van der Waals surface area contributed by atoms with Crippen LogP contribution in [0.15, 0.2) is 24.3 Å². The molecule has 2 amide bonds. The highest BCUT2D eigenvalue weighted by Gasteiger charge is 1.99. The summed E-state index contributed by atoms with van der Waals surface area (Å²) in [5.41, 5.74) is 3.76. The number of amides is 2. The number of nitrogens with one attached hydrogen (secondary N) is 2. The number of hydrogen-bond donors (Lipinski definition) is 3. The van der Waals surface area contributed by atoms with Crippen LogP contribution < -0.4 is 16.6 Å². The van der Waals surface area contributed by atoms with Crippen molar-refractivity contribution in [3.05, 3.63) is 29.8 Å². The van der Waals surface area contributed by atoms with Crippen LogP contribution in [0.4, 0.5) is 10.5 Å². The third-order valence-electron chi connectivity index (χ3n) is 1.52. The SMILES string of the molecule is Cc1ccccc1NC(=O)NN. The molecular formula is C8H11N3O. The maximum atomic E-state index is 10.8. The Kier molecular flexibility index (Phi) is 2.66. The largest absolute Gasteiger partial charge is 0.333 e. The van der Waals surface area contributed by atoms with Crippen molar-refractivity contribution in [3.8, 4) is 0 Å². The van der Waals surface area contributed by atoms with Gasteiger partial charge in [0.2, 0.25) is 0 Å². The van der Waals surface area contributed by atoms with Crippen LogP contribution in [0, 0.1) is 6.92 Å². The van der Waals surface area contributed by atoms with Gasteiger partial charge in [0.15, 0.2) is 0 Å². The molecule has 0 saturated heterocycles. The number of nitrogens with two attached hydrogens (primary N) is 1. The molecule has 1 aromatic rings. The zero-order valence-corrected chi connectivity index (χ0v) is 6.79. The Balaban J connectivity index is 2.75. The zero-order chi connectivity index (χ0) is 8.97. The van der Waals surface area contributed by atoms with Gasteiger partial charge >= 0.3 is 6.03 Å². The van der Waals surface area contributed by atoms with Crippen LogP contribution in [0.1, 0.15) is 5.56 Å². The minimum absolute atomic E-state index is 0.413. The molecule has 0 heterocycles. The molecule has 64 valence electrons. The van der Waals surface area contributed by atoms with Crippen molar-refractivity contribution in [2.75, 3.05) is 5.32 Å². The van der Waals surface area contributed by atoms with E-state index in [1.807, 2.05) is 36.6 Å². The summed E-state index contributed by atoms with van der Waals surface area (Å²) in [6, 6.07) is 7.06. The average Bonchev–Trinajstić information content (AvgIpc) is 2.09. The number of rotatable bonds is 1. The summed E-state index contributed by atoms with van der Waals surface area (Å²) in [5.74, 6) is 4.91. The van der Waals surface area contributed by atoms with Gasteiger partial charge in [-0.1, -0.05) is 18.2 Å². The molecule has 4 N–H and O–H groups in total. The number of carbonyl (C=O) groups is 1. The van der Waals surface area contributed by atoms with Crippen molar-refractivity contribution in [1.82, 2.24) is 5.43 Å². The summed E-state index contributed by atoms with van der Waals surface area (Å²) < 4.78 is 0. The van der Waals surface area contributed by atoms with Gasteiger partial charge < -0.3 is 5.32 Å². The van der Waals surface area contributed by atoms with E-state index < -0.39 is 6.03 Å². The second kappa shape index (κ2) is 3.73. The number of hydrogen-bond acceptors (Lipinski definition) is 2. The average molecular weight is 165 g/mol. The van der Waals surface area contributed by atoms with Crippen molar-refractivity contribution < 1.29 is 4.79 Å². The zero-order valence-electron chi connectivity index (χ0n) is 6.79. The Labute approximate surface area is 70.7 Å². The third-order valence-corrected chi connectivity index (χ3v) is 1.52. The Morgan fingerprint density at radius 1 is 1.42 bits per heavy atom. The molecule has 0 atom stereocenters. The normalized spacial score (nSPS) is 9.17. The van der Waals surface area contributed by atoms with Crippen molar-refractivity contribution in [2.24, 2.45) is 5.84 Å². The fourth-order valence-corrected chi connectivity index (χ4v) is 0.872. The molecular weight excluding hydrogens is 154 g/mol. The molecule has 1 aromatic carbocycles. The van der Waals surface area contributed by atoms with Gasteiger partial charge in [0.25, 0.3) is 0 Å². The Bertz CT molecular complexity index is 285. The maximum absolute atomic E-state index is 10.8. The molecule has 0 saturated carbocycles. The van der Waals surface area contributed by atoms with E-state index in [1.165, 1.54) is 0 Å². The number of urea groups is 1. The molecule has 4 nitrogen and oxygen atoms in total. The first kappa shape index (κ1) is 8.55. The van der Waals surface area contributed by atoms with E-state index in [0.29, 0.717) is 0 Å². The molecule has 0 spiro atoms. The molecule has 12 heavy (non-hydrogen) atoms. The quantitative estimate of drug-likeness (QED) is 0.330. The Hall–Kier alpha value is -1.55. The van der Waals surface area contributed by atoms with Crippen LogP contribution in [0.2, 0.25) is 0 Å². The van der Waals surface area contributed by atoms with Crippen molar-refractivity contribution in [2.45, 2.75) is 6.92 Å². The lowest BCUT2D eigenvalue weighted by Crippen LogP contribution is -2.34. The highest BCUT2D eigenvalue weighted by atomic mass is 16.2. The van der Waals surface area contributed by atoms with E-state index in [4.69, 9.17) is 5.84 Å². The minimum Gasteiger partial charge on any atom is -0.307 e. The Morgan fingerprint density at radius 2 is 2.08 bits per heavy atom. The first-order valence-electron chi connectivity index (χ1n) is 3.57. The molecule has 0 aliphatic carbocycles. The minimum atomic E-state index is -0.413. The number of para-hydroxylation sites is 1. The molecule has 0 aliphatic heterocycles. The topological polar surface area (TPSA) is 67.2 Å². The summed E-state index contributed by atoms with van der Waals surface area (Å²) in [4.78, 5) is 10.8. The highest BCUT2D eigenvalue weighted by Crippen LogP contribution is 2.12. The number of anilines is 1. The van der Waals surface area contributed by atoms with Gasteiger partial charge in [-0.15, -0.1) is 0 Å². The van der Waals surface area contributed by atoms with Crippen LogP contribution in [0.3, 0.4) is 0 Å². The highest BCUT2D eigenvalue weighted by molar-refractivity contribution is 5.89. The number of aryl methyl sites for hydroxylation is 1. The smallest absolute Gasteiger partial charge is 0.307 e. The lowest BCUT2D eigenvalue weighted by atomic mass is 10.2. The molecule has 0 aromatic heterocycles. The summed E-state index contributed by atoms with van der Waals surface area (Å²) in [7, 11) is 0. The van der Waals surface area contributed by atoms with Crippen LogP contribution >= 0.6 is 0 Å². The van der Waals surface area contributed by atoms with Gasteiger partial charge in [0, 0.05) is 5.69 Å². The van der Waals surface area contributed by atoms with Crippen LogP contribution in [0.5, 0.6) is 0 Å². The number of carbonyl (C=O) groups excluding carboxylic acids is 1. The molecule has 0 aliphatic rings. The first-order valence-corrected chi connectivity index (χ1v) is 3.57. The van der Waals surface area contributed by atoms with E-state index >= 15 is 0 Å². The fraction of sp³-hybridized carbons (Fsp3) is 0.125. The van der Waals surface area contributed by atoms with Crippen LogP contribution in [0.25, 0.3) is 0 Å². The van der Waals surface area contributed by atoms with Crippen molar-refractivity contribution >= 4 is 11.7 Å². The van der Waals surface area contributed by atoms with Crippen LogP contribution in [-0.4, -0.2) is 6.03 Å². The molecule has 0 unspecified atom stereocenters. The fourth-order valence-electron chi connectivity index (χ4n) is 0.872. The van der Waals surface area contributed by atoms with Crippen molar-refractivity contribution in [1.29, 1.82) is 0 Å². The third kappa shape index (κ3) is 1.96. The second-order valence-corrected chi connectivity index (χ2v) is 2.41. The second-order valence-electron chi connectivity index (χ2n) is 2.41. The predicted molar refractivity (Wildman–Crippen MR) is 47.5 cm³/mol. The monoisotopic (exact) mass is 165 g/mol. The van der Waals surface area contributed by atoms with Gasteiger partial charge in [-0.05, 0) is 18.6 Å². The Morgan fingerprint density at radius 3 is 2.67 bits per heavy atom. The van der Waals surface area contributed by atoms with Gasteiger partial charge in [-0.2, -0.15) is 0 Å². The summed E-state index contributed by atoms with van der Waals surface area (Å²) in [6.45, 7) is 1.91.